The number of rotatable bonds is 2. The first-order valence-electron chi connectivity index (χ1n) is 8.91. The van der Waals surface area contributed by atoms with Crippen molar-refractivity contribution in [3.8, 4) is 0 Å². The minimum atomic E-state index is 0.112. The van der Waals surface area contributed by atoms with Crippen molar-refractivity contribution in [3.05, 3.63) is 71.8 Å². The van der Waals surface area contributed by atoms with Gasteiger partial charge in [0, 0.05) is 6.04 Å². The topological polar surface area (TPSA) is 23.5 Å². The smallest absolute Gasteiger partial charge is 0.0608 e. The van der Waals surface area contributed by atoms with Crippen LogP contribution in [0.3, 0.4) is 0 Å². The van der Waals surface area contributed by atoms with Gasteiger partial charge in [-0.15, -0.1) is 0 Å². The van der Waals surface area contributed by atoms with E-state index in [0.29, 0.717) is 17.9 Å². The van der Waals surface area contributed by atoms with Gasteiger partial charge in [0.2, 0.25) is 0 Å². The highest BCUT2D eigenvalue weighted by atomic mass is 16.5. The first-order valence-corrected chi connectivity index (χ1v) is 8.91. The van der Waals surface area contributed by atoms with E-state index in [0.717, 1.165) is 12.8 Å². The molecule has 2 nitrogen and oxygen atoms in total. The van der Waals surface area contributed by atoms with Crippen molar-refractivity contribution in [2.75, 3.05) is 0 Å². The van der Waals surface area contributed by atoms with Gasteiger partial charge in [-0.05, 0) is 42.2 Å². The van der Waals surface area contributed by atoms with E-state index in [-0.39, 0.29) is 6.04 Å². The number of benzene rings is 2. The fraction of sp³-hybridized carbons (Fsp3) is 0.429. The largest absolute Gasteiger partial charge is 0.313 e. The Morgan fingerprint density at radius 3 is 2.09 bits per heavy atom. The summed E-state index contributed by atoms with van der Waals surface area (Å²) in [6.45, 7) is 0. The first kappa shape index (κ1) is 14.9. The van der Waals surface area contributed by atoms with Crippen LogP contribution < -0.4 is 0 Å². The van der Waals surface area contributed by atoms with E-state index in [4.69, 9.17) is 0 Å². The maximum Gasteiger partial charge on any atom is 0.0608 e. The molecule has 0 aromatic heterocycles. The zero-order chi connectivity index (χ0) is 15.6. The van der Waals surface area contributed by atoms with Crippen molar-refractivity contribution in [2.45, 2.75) is 50.1 Å². The van der Waals surface area contributed by atoms with Gasteiger partial charge in [0.25, 0.3) is 0 Å². The first-order chi connectivity index (χ1) is 11.3. The molecule has 0 radical (unpaired) electrons. The number of nitrogens with zero attached hydrogens (tertiary/aromatic N) is 1. The van der Waals surface area contributed by atoms with Gasteiger partial charge in [-0.3, -0.25) is 0 Å². The second kappa shape index (κ2) is 6.46. The van der Waals surface area contributed by atoms with E-state index in [9.17, 15) is 5.21 Å². The Morgan fingerprint density at radius 2 is 1.39 bits per heavy atom. The Labute approximate surface area is 138 Å². The predicted octanol–water partition coefficient (Wildman–Crippen LogP) is 5.17. The van der Waals surface area contributed by atoms with Crippen LogP contribution in [0.4, 0.5) is 0 Å². The highest BCUT2D eigenvalue weighted by molar-refractivity contribution is 5.26. The fourth-order valence-electron chi connectivity index (χ4n) is 4.74. The summed E-state index contributed by atoms with van der Waals surface area (Å²) < 4.78 is 0. The van der Waals surface area contributed by atoms with Gasteiger partial charge in [-0.1, -0.05) is 73.5 Å². The van der Waals surface area contributed by atoms with Gasteiger partial charge in [-0.2, -0.15) is 5.06 Å². The van der Waals surface area contributed by atoms with E-state index in [2.05, 4.69) is 54.6 Å². The number of hydroxylamine groups is 2. The van der Waals surface area contributed by atoms with E-state index < -0.39 is 0 Å². The second-order valence-corrected chi connectivity index (χ2v) is 7.08. The molecule has 23 heavy (non-hydrogen) atoms. The molecule has 1 saturated carbocycles. The van der Waals surface area contributed by atoms with Crippen LogP contribution in [0.2, 0.25) is 0 Å². The van der Waals surface area contributed by atoms with Gasteiger partial charge in [0.1, 0.15) is 0 Å². The van der Waals surface area contributed by atoms with Crippen LogP contribution in [0.1, 0.15) is 55.2 Å². The maximum atomic E-state index is 10.9. The van der Waals surface area contributed by atoms with Gasteiger partial charge < -0.3 is 5.21 Å². The summed E-state index contributed by atoms with van der Waals surface area (Å²) in [5, 5.41) is 12.6. The van der Waals surface area contributed by atoms with Crippen LogP contribution in [0.25, 0.3) is 0 Å². The summed E-state index contributed by atoms with van der Waals surface area (Å²) in [5.74, 6) is 1.13. The molecule has 2 aliphatic rings. The summed E-state index contributed by atoms with van der Waals surface area (Å²) in [6, 6.07) is 21.8. The van der Waals surface area contributed by atoms with E-state index in [1.54, 1.807) is 5.06 Å². The third kappa shape index (κ3) is 2.82. The average Bonchev–Trinajstić information content (AvgIpc) is 2.64. The van der Waals surface area contributed by atoms with E-state index >= 15 is 0 Å². The molecule has 1 aliphatic heterocycles. The predicted molar refractivity (Wildman–Crippen MR) is 92.4 cm³/mol. The van der Waals surface area contributed by atoms with E-state index in [1.165, 1.54) is 30.4 Å². The van der Waals surface area contributed by atoms with Crippen molar-refractivity contribution in [1.82, 2.24) is 5.06 Å². The molecule has 120 valence electrons. The molecule has 0 unspecified atom stereocenters. The summed E-state index contributed by atoms with van der Waals surface area (Å²) in [5.41, 5.74) is 2.68. The number of fused-ring (bicyclic) bond motifs is 1. The van der Waals surface area contributed by atoms with Gasteiger partial charge in [-0.25, -0.2) is 0 Å². The molecule has 2 aromatic rings. The van der Waals surface area contributed by atoms with Crippen molar-refractivity contribution >= 4 is 0 Å². The zero-order valence-corrected chi connectivity index (χ0v) is 13.5. The van der Waals surface area contributed by atoms with E-state index in [1.807, 2.05) is 6.07 Å². The molecule has 0 spiro atoms. The highest BCUT2D eigenvalue weighted by Crippen LogP contribution is 2.49. The lowest BCUT2D eigenvalue weighted by atomic mass is 9.67. The minimum Gasteiger partial charge on any atom is -0.313 e. The van der Waals surface area contributed by atoms with Crippen LogP contribution in [0.5, 0.6) is 0 Å². The van der Waals surface area contributed by atoms with Crippen molar-refractivity contribution < 1.29 is 5.21 Å². The zero-order valence-electron chi connectivity index (χ0n) is 13.5. The fourth-order valence-corrected chi connectivity index (χ4v) is 4.74. The minimum absolute atomic E-state index is 0.112. The summed E-state index contributed by atoms with van der Waals surface area (Å²) >= 11 is 0. The Hall–Kier alpha value is -1.64. The lowest BCUT2D eigenvalue weighted by molar-refractivity contribution is -0.207. The molecule has 0 bridgehead atoms. The van der Waals surface area contributed by atoms with Gasteiger partial charge in [0.15, 0.2) is 0 Å². The Bertz CT molecular complexity index is 627. The Balaban J connectivity index is 1.70. The molecule has 2 heteroatoms. The normalized spacial score (nSPS) is 31.5. The van der Waals surface area contributed by atoms with Crippen LogP contribution in [0, 0.1) is 5.92 Å². The number of hydrogen-bond acceptors (Lipinski definition) is 2. The van der Waals surface area contributed by atoms with Crippen LogP contribution in [0.15, 0.2) is 60.7 Å². The molecular weight excluding hydrogens is 282 g/mol. The second-order valence-electron chi connectivity index (χ2n) is 7.08. The number of piperidine rings is 1. The molecule has 1 heterocycles. The highest BCUT2D eigenvalue weighted by Gasteiger charge is 2.44. The monoisotopic (exact) mass is 307 g/mol. The molecule has 2 fully saturated rings. The summed E-state index contributed by atoms with van der Waals surface area (Å²) in [6.07, 6.45) is 5.90. The van der Waals surface area contributed by atoms with Crippen molar-refractivity contribution in [1.29, 1.82) is 0 Å². The third-order valence-corrected chi connectivity index (χ3v) is 5.85. The Kier molecular flexibility index (Phi) is 4.19. The molecule has 1 saturated heterocycles. The van der Waals surface area contributed by atoms with Crippen LogP contribution in [-0.2, 0) is 0 Å². The molecule has 4 rings (SSSR count). The average molecular weight is 307 g/mol. The molecule has 1 aliphatic carbocycles. The molecule has 1 N–H and O–H groups in total. The lowest BCUT2D eigenvalue weighted by Crippen LogP contribution is -2.49. The SMILES string of the molecule is ON1[C@@H](c2ccccc2)C[C@H](c2ccccc2)[C@H]2CCCC[C@H]21. The maximum absolute atomic E-state index is 10.9. The van der Waals surface area contributed by atoms with Gasteiger partial charge >= 0.3 is 0 Å². The van der Waals surface area contributed by atoms with Crippen LogP contribution in [-0.4, -0.2) is 16.3 Å². The third-order valence-electron chi connectivity index (χ3n) is 5.85. The van der Waals surface area contributed by atoms with Crippen LogP contribution >= 0.6 is 0 Å². The quantitative estimate of drug-likeness (QED) is 0.828. The molecule has 2 aromatic carbocycles. The molecule has 4 atom stereocenters. The summed E-state index contributed by atoms with van der Waals surface area (Å²) in [7, 11) is 0. The lowest BCUT2D eigenvalue weighted by Gasteiger charge is -2.49. The van der Waals surface area contributed by atoms with Crippen molar-refractivity contribution in [3.63, 3.8) is 0 Å². The Morgan fingerprint density at radius 1 is 0.783 bits per heavy atom. The van der Waals surface area contributed by atoms with Gasteiger partial charge in [0.05, 0.1) is 6.04 Å². The number of hydrogen-bond donors (Lipinski definition) is 1. The molecular formula is C21H25NO. The molecule has 0 amide bonds. The standard InChI is InChI=1S/C21H25NO/c23-22-20-14-8-7-13-18(20)19(16-9-3-1-4-10-16)15-21(22)17-11-5-2-6-12-17/h1-6,9-12,18-21,23H,7-8,13-15H2/t18-,19-,20-,21-/m1/s1. The summed E-state index contributed by atoms with van der Waals surface area (Å²) in [4.78, 5) is 0. The van der Waals surface area contributed by atoms with Crippen molar-refractivity contribution in [2.24, 2.45) is 5.92 Å².